The van der Waals surface area contributed by atoms with Crippen molar-refractivity contribution in [2.45, 2.75) is 12.5 Å². The van der Waals surface area contributed by atoms with Crippen molar-refractivity contribution < 1.29 is 14.6 Å². The van der Waals surface area contributed by atoms with Gasteiger partial charge in [-0.25, -0.2) is 14.8 Å². The number of carboxylic acids is 1. The molecule has 0 aromatic carbocycles. The minimum atomic E-state index is -1.08. The number of nitrogens with two attached hydrogens (primary N) is 1. The lowest BCUT2D eigenvalue weighted by Gasteiger charge is -2.30. The fourth-order valence-electron chi connectivity index (χ4n) is 3.03. The van der Waals surface area contributed by atoms with Crippen molar-refractivity contribution >= 4 is 28.8 Å². The first kappa shape index (κ1) is 19.0. The topological polar surface area (TPSA) is 127 Å². The third kappa shape index (κ3) is 4.08. The van der Waals surface area contributed by atoms with Crippen LogP contribution in [0.5, 0.6) is 5.75 Å². The van der Waals surface area contributed by atoms with Crippen LogP contribution in [0.1, 0.15) is 16.9 Å². The molecule has 0 saturated carbocycles. The third-order valence-corrected chi connectivity index (χ3v) is 5.24. The first-order valence-corrected chi connectivity index (χ1v) is 9.75. The molecule has 9 nitrogen and oxygen atoms in total. The average Bonchev–Trinajstić information content (AvgIpc) is 3.22. The molecule has 0 saturated heterocycles. The molecule has 0 spiro atoms. The molecule has 3 N–H and O–H groups in total. The number of carbonyl (C=O) groups is 1. The minimum Gasteiger partial charge on any atom is -0.492 e. The van der Waals surface area contributed by atoms with Crippen molar-refractivity contribution in [3.8, 4) is 5.75 Å². The standard InChI is InChI=1S/C19H18N6O3S/c20-14(3-7-28-12-1-2-15(19(26)27)23-9-12)17-13-4-8-29-18(13)24-11-25(17)16-10-21-5-6-22-16/h1-2,4-6,8-10,14H,3,7,11,20H2,(H,26,27). The van der Waals surface area contributed by atoms with Crippen LogP contribution in [0.4, 0.5) is 5.82 Å². The monoisotopic (exact) mass is 410 g/mol. The maximum absolute atomic E-state index is 10.9. The van der Waals surface area contributed by atoms with Gasteiger partial charge in [-0.1, -0.05) is 0 Å². The van der Waals surface area contributed by atoms with Crippen LogP contribution in [0.15, 0.2) is 53.4 Å². The second-order valence-electron chi connectivity index (χ2n) is 6.24. The number of pyridine rings is 1. The van der Waals surface area contributed by atoms with Gasteiger partial charge < -0.3 is 20.5 Å². The van der Waals surface area contributed by atoms with Gasteiger partial charge in [0.1, 0.15) is 22.8 Å². The molecule has 1 aliphatic rings. The summed E-state index contributed by atoms with van der Waals surface area (Å²) in [4.78, 5) is 29.8. The fraction of sp³-hybridized carbons (Fsp3) is 0.211. The van der Waals surface area contributed by atoms with Crippen molar-refractivity contribution in [2.24, 2.45) is 10.7 Å². The number of rotatable bonds is 7. The van der Waals surface area contributed by atoms with Gasteiger partial charge in [-0.15, -0.1) is 11.3 Å². The van der Waals surface area contributed by atoms with Gasteiger partial charge in [0.05, 0.1) is 19.0 Å². The van der Waals surface area contributed by atoms with Gasteiger partial charge in [0.15, 0.2) is 5.82 Å². The van der Waals surface area contributed by atoms with E-state index in [1.165, 1.54) is 12.3 Å². The number of hydrogen-bond donors (Lipinski definition) is 2. The summed E-state index contributed by atoms with van der Waals surface area (Å²) < 4.78 is 6.65. The lowest BCUT2D eigenvalue weighted by atomic mass is 10.1. The lowest BCUT2D eigenvalue weighted by molar-refractivity contribution is 0.0690. The van der Waals surface area contributed by atoms with Crippen molar-refractivity contribution in [1.29, 1.82) is 0 Å². The van der Waals surface area contributed by atoms with E-state index in [0.29, 0.717) is 31.3 Å². The second-order valence-corrected chi connectivity index (χ2v) is 7.14. The number of fused-ring (bicyclic) bond motifs is 1. The highest BCUT2D eigenvalue weighted by molar-refractivity contribution is 7.07. The highest BCUT2D eigenvalue weighted by atomic mass is 32.1. The molecule has 0 aliphatic carbocycles. The molecule has 0 amide bonds. The molecule has 1 atom stereocenters. The van der Waals surface area contributed by atoms with E-state index >= 15 is 0 Å². The smallest absolute Gasteiger partial charge is 0.354 e. The highest BCUT2D eigenvalue weighted by Crippen LogP contribution is 2.20. The Kier molecular flexibility index (Phi) is 5.45. The molecule has 148 valence electrons. The molecule has 1 unspecified atom stereocenters. The number of nitrogens with zero attached hydrogens (tertiary/aromatic N) is 5. The molecule has 4 heterocycles. The summed E-state index contributed by atoms with van der Waals surface area (Å²) >= 11 is 1.57. The van der Waals surface area contributed by atoms with Crippen LogP contribution in [-0.4, -0.2) is 45.3 Å². The summed E-state index contributed by atoms with van der Waals surface area (Å²) in [6.07, 6.45) is 6.88. The van der Waals surface area contributed by atoms with E-state index in [9.17, 15) is 4.79 Å². The van der Waals surface area contributed by atoms with Gasteiger partial charge in [-0.3, -0.25) is 9.98 Å². The molecular weight excluding hydrogens is 392 g/mol. The number of aromatic nitrogens is 3. The maximum atomic E-state index is 10.9. The Morgan fingerprint density at radius 1 is 1.28 bits per heavy atom. The number of ether oxygens (including phenoxy) is 1. The average molecular weight is 410 g/mol. The summed E-state index contributed by atoms with van der Waals surface area (Å²) in [5.41, 5.74) is 7.44. The number of hydrogen-bond acceptors (Lipinski definition) is 9. The van der Waals surface area contributed by atoms with Crippen LogP contribution >= 0.6 is 11.3 Å². The van der Waals surface area contributed by atoms with Crippen LogP contribution in [0.2, 0.25) is 0 Å². The van der Waals surface area contributed by atoms with Gasteiger partial charge in [-0.2, -0.15) is 0 Å². The first-order valence-electron chi connectivity index (χ1n) is 8.87. The SMILES string of the molecule is NC(CCOc1ccc(C(=O)O)nc1)C1=c2ccsc2=NCN1c1cnccn1. The molecule has 0 bridgehead atoms. The quantitative estimate of drug-likeness (QED) is 0.581. The zero-order chi connectivity index (χ0) is 20.2. The summed E-state index contributed by atoms with van der Waals surface area (Å²) in [6, 6.07) is 4.68. The van der Waals surface area contributed by atoms with E-state index in [2.05, 4.69) is 19.9 Å². The highest BCUT2D eigenvalue weighted by Gasteiger charge is 2.23. The van der Waals surface area contributed by atoms with E-state index in [0.717, 1.165) is 15.6 Å². The van der Waals surface area contributed by atoms with Crippen LogP contribution < -0.4 is 25.3 Å². The van der Waals surface area contributed by atoms with Crippen molar-refractivity contribution in [3.05, 3.63) is 64.0 Å². The Balaban J connectivity index is 1.51. The van der Waals surface area contributed by atoms with E-state index in [1.807, 2.05) is 16.3 Å². The maximum Gasteiger partial charge on any atom is 0.354 e. The summed E-state index contributed by atoms with van der Waals surface area (Å²) in [7, 11) is 0. The zero-order valence-corrected chi connectivity index (χ0v) is 16.1. The summed E-state index contributed by atoms with van der Waals surface area (Å²) in [5, 5.41) is 11.9. The van der Waals surface area contributed by atoms with Crippen molar-refractivity contribution in [3.63, 3.8) is 0 Å². The lowest BCUT2D eigenvalue weighted by Crippen LogP contribution is -2.46. The van der Waals surface area contributed by atoms with Crippen LogP contribution in [0, 0.1) is 0 Å². The number of carboxylic acid groups (broad SMARTS) is 1. The van der Waals surface area contributed by atoms with Gasteiger partial charge >= 0.3 is 5.97 Å². The molecule has 4 rings (SSSR count). The molecule has 1 aliphatic heterocycles. The second kappa shape index (κ2) is 8.33. The van der Waals surface area contributed by atoms with Crippen LogP contribution in [0.3, 0.4) is 0 Å². The first-order chi connectivity index (χ1) is 14.1. The molecule has 0 radical (unpaired) electrons. The molecular formula is C19H18N6O3S. The predicted octanol–water partition coefficient (Wildman–Crippen LogP) is 0.633. The predicted molar refractivity (Wildman–Crippen MR) is 107 cm³/mol. The summed E-state index contributed by atoms with van der Waals surface area (Å²) in [5.74, 6) is 0.106. The molecule has 3 aromatic rings. The Morgan fingerprint density at radius 3 is 2.90 bits per heavy atom. The molecule has 29 heavy (non-hydrogen) atoms. The molecule has 3 aromatic heterocycles. The van der Waals surface area contributed by atoms with E-state index in [-0.39, 0.29) is 11.7 Å². The molecule has 10 heteroatoms. The summed E-state index contributed by atoms with van der Waals surface area (Å²) in [6.45, 7) is 0.778. The number of anilines is 1. The van der Waals surface area contributed by atoms with Gasteiger partial charge in [0, 0.05) is 35.8 Å². The third-order valence-electron chi connectivity index (χ3n) is 4.40. The normalized spacial score (nSPS) is 14.1. The van der Waals surface area contributed by atoms with Gasteiger partial charge in [0.2, 0.25) is 0 Å². The fourth-order valence-corrected chi connectivity index (χ4v) is 3.80. The van der Waals surface area contributed by atoms with Crippen LogP contribution in [-0.2, 0) is 0 Å². The van der Waals surface area contributed by atoms with Crippen molar-refractivity contribution in [1.82, 2.24) is 15.0 Å². The Bertz CT molecular complexity index is 1120. The minimum absolute atomic E-state index is 0.0276. The van der Waals surface area contributed by atoms with E-state index in [1.54, 1.807) is 36.0 Å². The van der Waals surface area contributed by atoms with E-state index in [4.69, 9.17) is 15.6 Å². The largest absolute Gasteiger partial charge is 0.492 e. The molecule has 0 fully saturated rings. The zero-order valence-electron chi connectivity index (χ0n) is 15.3. The number of aromatic carboxylic acids is 1. The number of thiophene rings is 1. The van der Waals surface area contributed by atoms with E-state index < -0.39 is 5.97 Å². The Labute approximate surface area is 169 Å². The Morgan fingerprint density at radius 2 is 2.17 bits per heavy atom. The van der Waals surface area contributed by atoms with Crippen LogP contribution in [0.25, 0.3) is 5.70 Å². The van der Waals surface area contributed by atoms with Gasteiger partial charge in [0.25, 0.3) is 0 Å². The van der Waals surface area contributed by atoms with Crippen molar-refractivity contribution in [2.75, 3.05) is 18.2 Å². The van der Waals surface area contributed by atoms with Gasteiger partial charge in [-0.05, 0) is 23.6 Å². The Hall–Kier alpha value is -3.37.